The molecule has 0 bridgehead atoms. The fourth-order valence-electron chi connectivity index (χ4n) is 8.49. The molecule has 21 nitrogen and oxygen atoms in total. The topological polar surface area (TPSA) is 272 Å². The summed E-state index contributed by atoms with van der Waals surface area (Å²) >= 11 is 0. The fourth-order valence-corrected chi connectivity index (χ4v) is 8.49. The van der Waals surface area contributed by atoms with Crippen LogP contribution in [0.2, 0.25) is 0 Å². The van der Waals surface area contributed by atoms with E-state index in [9.17, 15) is 38.7 Å². The maximum atomic E-state index is 12.0. The predicted octanol–water partition coefficient (Wildman–Crippen LogP) is 8.97. The Balaban J connectivity index is 0.000000278. The Morgan fingerprint density at radius 1 is 0.534 bits per heavy atom. The summed E-state index contributed by atoms with van der Waals surface area (Å²) in [6, 6.07) is 18.7. The van der Waals surface area contributed by atoms with Crippen molar-refractivity contribution in [3.05, 3.63) is 135 Å². The summed E-state index contributed by atoms with van der Waals surface area (Å²) in [7, 11) is 0. The second-order valence-corrected chi connectivity index (χ2v) is 21.7. The van der Waals surface area contributed by atoms with Crippen LogP contribution in [0.5, 0.6) is 11.5 Å². The van der Waals surface area contributed by atoms with E-state index in [4.69, 9.17) is 47.4 Å². The lowest BCUT2D eigenvalue weighted by molar-refractivity contribution is -0.151. The Labute approximate surface area is 518 Å². The zero-order chi connectivity index (χ0) is 64.8. The molecule has 3 heterocycles. The highest BCUT2D eigenvalue weighted by Crippen LogP contribution is 2.42. The van der Waals surface area contributed by atoms with Gasteiger partial charge in [0, 0.05) is 35.0 Å². The van der Waals surface area contributed by atoms with Crippen LogP contribution in [0.4, 0.5) is 0 Å². The molecule has 21 heteroatoms. The summed E-state index contributed by atoms with van der Waals surface area (Å²) in [5, 5.41) is 11.8. The zero-order valence-corrected chi connectivity index (χ0v) is 52.0. The van der Waals surface area contributed by atoms with E-state index in [0.717, 1.165) is 88.2 Å². The van der Waals surface area contributed by atoms with Crippen LogP contribution in [0, 0.1) is 17.8 Å². The van der Waals surface area contributed by atoms with Gasteiger partial charge in [-0.25, -0.2) is 24.0 Å². The smallest absolute Gasteiger partial charge is 0.333 e. The highest BCUT2D eigenvalue weighted by Gasteiger charge is 2.47. The molecular weight excluding hydrogens is 1140 g/mol. The van der Waals surface area contributed by atoms with Crippen molar-refractivity contribution in [2.24, 2.45) is 17.8 Å². The number of hydrogen-bond acceptors (Lipinski definition) is 20. The van der Waals surface area contributed by atoms with E-state index in [1.54, 1.807) is 13.8 Å². The van der Waals surface area contributed by atoms with Gasteiger partial charge in [0.05, 0.1) is 55.8 Å². The largest absolute Gasteiger partial charge is 0.490 e. The van der Waals surface area contributed by atoms with Gasteiger partial charge in [0.2, 0.25) is 5.91 Å². The van der Waals surface area contributed by atoms with Crippen LogP contribution < -0.4 is 14.8 Å². The van der Waals surface area contributed by atoms with E-state index in [1.807, 2.05) is 60.7 Å². The van der Waals surface area contributed by atoms with Gasteiger partial charge in [0.1, 0.15) is 64.0 Å². The van der Waals surface area contributed by atoms with Crippen LogP contribution in [0.15, 0.2) is 135 Å². The summed E-state index contributed by atoms with van der Waals surface area (Å²) in [5.41, 5.74) is 1.35. The first-order chi connectivity index (χ1) is 42.1. The van der Waals surface area contributed by atoms with Crippen molar-refractivity contribution in [1.82, 2.24) is 5.32 Å². The van der Waals surface area contributed by atoms with Crippen molar-refractivity contribution >= 4 is 41.7 Å². The van der Waals surface area contributed by atoms with Crippen LogP contribution in [-0.4, -0.2) is 156 Å². The number of aliphatic hydroxyl groups excluding tert-OH is 1. The minimum absolute atomic E-state index is 0.00258. The Hall–Kier alpha value is -7.43. The van der Waals surface area contributed by atoms with E-state index in [2.05, 4.69) is 61.2 Å². The Morgan fingerprint density at radius 2 is 0.966 bits per heavy atom. The zero-order valence-electron chi connectivity index (χ0n) is 52.0. The summed E-state index contributed by atoms with van der Waals surface area (Å²) < 4.78 is 61.6. The molecule has 6 fully saturated rings. The standard InChI is InChI=1S/C14H20O4.C12H14O3.C11H16O5.C11H16O3.C11H12O3.C8H15NO2/c15-14(9-2-4-11-13(6-9)18-11)16-7-8-1-3-10-12(5-8)17-10;1-10(2)12(13)15-9-8-14-11-6-4-3-5-7-11;1-7(2)10(13)15-5-9(12)6-16-11(14)8(3)4;1-7(2)11(12)13-6-8-3-4-9-10(5-8)14-9;1-2-11(12)14-9-8-13-10-6-4-3-5-7-10;1-3-5-6-11-7-9-8(10)4-2/h8-13H,1-7H2;3-7H,1,8-9H2,2H3;9,12H,1,3,5-6H2,2,4H3;8-10H,1,3-6H2,2H3;2-7H,1,8-9H2;4H,2-3,5-7H2,1H3,(H,9,10). The Bertz CT molecular complexity index is 2520. The lowest BCUT2D eigenvalue weighted by atomic mass is 9.89. The molecule has 9 atom stereocenters. The second-order valence-electron chi connectivity index (χ2n) is 21.7. The van der Waals surface area contributed by atoms with Crippen molar-refractivity contribution in [1.29, 1.82) is 0 Å². The van der Waals surface area contributed by atoms with E-state index in [1.165, 1.54) is 19.9 Å². The SMILES string of the molecule is C=C(C)C(=O)OCC(O)COC(=O)C(=C)C.C=C(C)C(=O)OCC1CCC2OC2C1.C=C(C)C(=O)OCCOc1ccccc1.C=CC(=O)NCOCCCC.C=CC(=O)OCCOc1ccccc1.O=C(OCC1CCC2OC2C1)C1CCC2OC2C1. The number of aliphatic hydroxyl groups is 1. The van der Waals surface area contributed by atoms with E-state index >= 15 is 0 Å². The highest BCUT2D eigenvalue weighted by molar-refractivity contribution is 5.88. The van der Waals surface area contributed by atoms with Crippen molar-refractivity contribution in [2.75, 3.05) is 66.2 Å². The minimum Gasteiger partial charge on any atom is -0.490 e. The molecule has 6 aliphatic rings. The average molecular weight is 1230 g/mol. The van der Waals surface area contributed by atoms with Gasteiger partial charge in [0.15, 0.2) is 0 Å². The molecule has 8 rings (SSSR count). The van der Waals surface area contributed by atoms with Gasteiger partial charge in [-0.3, -0.25) is 9.59 Å². The first-order valence-electron chi connectivity index (χ1n) is 29.9. The third-order valence-electron chi connectivity index (χ3n) is 13.7. The number of carbonyl (C=O) groups excluding carboxylic acids is 7. The van der Waals surface area contributed by atoms with Crippen LogP contribution >= 0.6 is 0 Å². The minimum atomic E-state index is -1.05. The van der Waals surface area contributed by atoms with Crippen LogP contribution in [0.1, 0.15) is 105 Å². The van der Waals surface area contributed by atoms with Gasteiger partial charge in [-0.1, -0.05) is 89.2 Å². The second kappa shape index (κ2) is 42.5. The number of rotatable bonds is 28. The van der Waals surface area contributed by atoms with Crippen LogP contribution in [-0.2, 0) is 80.9 Å². The van der Waals surface area contributed by atoms with Crippen molar-refractivity contribution in [3.63, 3.8) is 0 Å². The highest BCUT2D eigenvalue weighted by atomic mass is 16.6. The van der Waals surface area contributed by atoms with Gasteiger partial charge in [0.25, 0.3) is 0 Å². The molecule has 1 amide bonds. The molecule has 486 valence electrons. The quantitative estimate of drug-likeness (QED) is 0.0201. The van der Waals surface area contributed by atoms with E-state index in [-0.39, 0.29) is 74.0 Å². The number of benzene rings is 2. The van der Waals surface area contributed by atoms with Crippen molar-refractivity contribution in [3.8, 4) is 11.5 Å². The van der Waals surface area contributed by atoms with Crippen LogP contribution in [0.25, 0.3) is 0 Å². The third kappa shape index (κ3) is 33.6. The Morgan fingerprint density at radius 3 is 1.40 bits per heavy atom. The number of hydrogen-bond donors (Lipinski definition) is 2. The monoisotopic (exact) mass is 1230 g/mol. The third-order valence-corrected chi connectivity index (χ3v) is 13.7. The number of epoxide rings is 3. The lowest BCUT2D eigenvalue weighted by Crippen LogP contribution is -2.27. The Kier molecular flexibility index (Phi) is 36.1. The molecule has 3 aliphatic heterocycles. The molecule has 9 unspecified atom stereocenters. The molecular formula is C67H93NO20. The van der Waals surface area contributed by atoms with Gasteiger partial charge >= 0.3 is 35.8 Å². The van der Waals surface area contributed by atoms with Crippen LogP contribution in [0.3, 0.4) is 0 Å². The first-order valence-corrected chi connectivity index (χ1v) is 29.9. The van der Waals surface area contributed by atoms with Crippen molar-refractivity contribution < 1.29 is 95.5 Å². The molecule has 2 N–H and O–H groups in total. The molecule has 0 radical (unpaired) electrons. The summed E-state index contributed by atoms with van der Waals surface area (Å²) in [4.78, 5) is 77.1. The number of unbranched alkanes of at least 4 members (excludes halogenated alkanes) is 1. The van der Waals surface area contributed by atoms with Gasteiger partial charge < -0.3 is 67.3 Å². The van der Waals surface area contributed by atoms with E-state index in [0.29, 0.717) is 92.6 Å². The molecule has 2 aromatic rings. The molecule has 2 aromatic carbocycles. The maximum Gasteiger partial charge on any atom is 0.333 e. The maximum absolute atomic E-state index is 12.0. The van der Waals surface area contributed by atoms with Gasteiger partial charge in [-0.05, 0) is 134 Å². The predicted molar refractivity (Wildman–Crippen MR) is 327 cm³/mol. The molecule has 0 aromatic heterocycles. The van der Waals surface area contributed by atoms with E-state index < -0.39 is 24.0 Å². The molecule has 3 saturated carbocycles. The number of carbonyl (C=O) groups is 7. The summed E-state index contributed by atoms with van der Waals surface area (Å²) in [5.74, 6) is 0.165. The molecule has 0 spiro atoms. The number of ether oxygens (including phenoxy) is 12. The molecule has 88 heavy (non-hydrogen) atoms. The lowest BCUT2D eigenvalue weighted by Gasteiger charge is -2.21. The molecule has 3 saturated heterocycles. The summed E-state index contributed by atoms with van der Waals surface area (Å²) in [6.07, 6.45) is 15.7. The number of nitrogens with one attached hydrogen (secondary N) is 1. The van der Waals surface area contributed by atoms with Gasteiger partial charge in [-0.2, -0.15) is 0 Å². The normalized spacial score (nSPS) is 21.5. The first kappa shape index (κ1) is 74.8. The fraction of sp³-hybridized carbons (Fsp3) is 0.537. The number of amides is 1. The average Bonchev–Trinajstić information content (AvgIpc) is 3.33. The number of para-hydroxylation sites is 2. The van der Waals surface area contributed by atoms with Crippen molar-refractivity contribution in [2.45, 2.75) is 148 Å². The van der Waals surface area contributed by atoms with Gasteiger partial charge in [-0.15, -0.1) is 0 Å². The number of esters is 6. The number of fused-ring (bicyclic) bond motifs is 3. The summed E-state index contributed by atoms with van der Waals surface area (Å²) in [6.45, 7) is 31.5. The molecule has 3 aliphatic carbocycles.